The highest BCUT2D eigenvalue weighted by Crippen LogP contribution is 2.26. The van der Waals surface area contributed by atoms with Gasteiger partial charge in [-0.05, 0) is 36.8 Å². The summed E-state index contributed by atoms with van der Waals surface area (Å²) < 4.78 is 0.744. The quantitative estimate of drug-likeness (QED) is 0.685. The molecule has 3 rings (SSSR count). The molecule has 0 aliphatic carbocycles. The topological polar surface area (TPSA) is 53.1 Å². The van der Waals surface area contributed by atoms with E-state index in [1.165, 1.54) is 5.56 Å². The highest BCUT2D eigenvalue weighted by molar-refractivity contribution is 9.10. The third-order valence-electron chi connectivity index (χ3n) is 3.49. The van der Waals surface area contributed by atoms with Gasteiger partial charge in [-0.25, -0.2) is 4.79 Å². The van der Waals surface area contributed by atoms with E-state index in [1.54, 1.807) is 6.07 Å². The predicted octanol–water partition coefficient (Wildman–Crippen LogP) is 5.11. The molecular formula is C18H14BrNO2. The molecule has 2 N–H and O–H groups in total. The number of aromatic nitrogens is 1. The molecule has 2 aromatic carbocycles. The summed E-state index contributed by atoms with van der Waals surface area (Å²) in [6.45, 7) is 2.05. The Morgan fingerprint density at radius 1 is 1.14 bits per heavy atom. The minimum absolute atomic E-state index is 0.288. The Balaban J connectivity index is 2.00. The van der Waals surface area contributed by atoms with Crippen molar-refractivity contribution in [1.82, 2.24) is 4.98 Å². The first kappa shape index (κ1) is 14.6. The molecule has 4 heteroatoms. The Labute approximate surface area is 136 Å². The number of aromatic amines is 1. The number of halogens is 1. The van der Waals surface area contributed by atoms with Gasteiger partial charge in [0.25, 0.3) is 0 Å². The zero-order valence-corrected chi connectivity index (χ0v) is 13.5. The summed E-state index contributed by atoms with van der Waals surface area (Å²) in [4.78, 5) is 14.6. The monoisotopic (exact) mass is 355 g/mol. The number of hydrogen-bond donors (Lipinski definition) is 2. The SMILES string of the molecule is Cc1ccc(/C=C/c2cc3c(C(=O)O)cc(Br)cc3[nH]2)cc1. The van der Waals surface area contributed by atoms with Crippen molar-refractivity contribution < 1.29 is 9.90 Å². The number of carboxylic acid groups (broad SMARTS) is 1. The van der Waals surface area contributed by atoms with Gasteiger partial charge >= 0.3 is 5.97 Å². The molecule has 22 heavy (non-hydrogen) atoms. The van der Waals surface area contributed by atoms with E-state index in [4.69, 9.17) is 0 Å². The Kier molecular flexibility index (Phi) is 3.86. The summed E-state index contributed by atoms with van der Waals surface area (Å²) >= 11 is 3.34. The van der Waals surface area contributed by atoms with Crippen molar-refractivity contribution in [2.45, 2.75) is 6.92 Å². The molecule has 3 nitrogen and oxygen atoms in total. The number of hydrogen-bond acceptors (Lipinski definition) is 1. The van der Waals surface area contributed by atoms with E-state index in [2.05, 4.69) is 40.0 Å². The van der Waals surface area contributed by atoms with Crippen LogP contribution in [0.4, 0.5) is 0 Å². The minimum atomic E-state index is -0.931. The Bertz CT molecular complexity index is 876. The molecule has 0 atom stereocenters. The van der Waals surface area contributed by atoms with Crippen LogP contribution in [-0.4, -0.2) is 16.1 Å². The van der Waals surface area contributed by atoms with Crippen molar-refractivity contribution in [2.24, 2.45) is 0 Å². The van der Waals surface area contributed by atoms with Crippen LogP contribution in [0.1, 0.15) is 27.2 Å². The van der Waals surface area contributed by atoms with Crippen LogP contribution in [0.25, 0.3) is 23.1 Å². The maximum absolute atomic E-state index is 11.3. The van der Waals surface area contributed by atoms with E-state index in [0.717, 1.165) is 21.2 Å². The van der Waals surface area contributed by atoms with Crippen LogP contribution in [-0.2, 0) is 0 Å². The van der Waals surface area contributed by atoms with E-state index in [1.807, 2.05) is 36.4 Å². The summed E-state index contributed by atoms with van der Waals surface area (Å²) in [6, 6.07) is 13.6. The molecule has 0 radical (unpaired) electrons. The lowest BCUT2D eigenvalue weighted by molar-refractivity contribution is 0.0699. The number of fused-ring (bicyclic) bond motifs is 1. The molecule has 1 aromatic heterocycles. The van der Waals surface area contributed by atoms with Gasteiger partial charge in [0.1, 0.15) is 0 Å². The molecule has 1 heterocycles. The van der Waals surface area contributed by atoms with Gasteiger partial charge in [0.05, 0.1) is 5.56 Å². The Hall–Kier alpha value is -2.33. The molecular weight excluding hydrogens is 342 g/mol. The van der Waals surface area contributed by atoms with E-state index >= 15 is 0 Å². The van der Waals surface area contributed by atoms with Crippen molar-refractivity contribution in [1.29, 1.82) is 0 Å². The second kappa shape index (κ2) is 5.81. The first-order valence-corrected chi connectivity index (χ1v) is 7.62. The molecule has 0 spiro atoms. The van der Waals surface area contributed by atoms with Crippen molar-refractivity contribution in [3.8, 4) is 0 Å². The van der Waals surface area contributed by atoms with Crippen molar-refractivity contribution in [3.05, 3.63) is 69.3 Å². The number of carbonyl (C=O) groups is 1. The highest BCUT2D eigenvalue weighted by atomic mass is 79.9. The largest absolute Gasteiger partial charge is 0.478 e. The van der Waals surface area contributed by atoms with E-state index < -0.39 is 5.97 Å². The third-order valence-corrected chi connectivity index (χ3v) is 3.94. The normalized spacial score (nSPS) is 11.4. The molecule has 0 saturated carbocycles. The van der Waals surface area contributed by atoms with Crippen molar-refractivity contribution in [2.75, 3.05) is 0 Å². The fourth-order valence-corrected chi connectivity index (χ4v) is 2.81. The number of rotatable bonds is 3. The van der Waals surface area contributed by atoms with E-state index in [9.17, 15) is 9.90 Å². The number of aromatic carboxylic acids is 1. The van der Waals surface area contributed by atoms with E-state index in [0.29, 0.717) is 5.39 Å². The van der Waals surface area contributed by atoms with Crippen LogP contribution in [0.2, 0.25) is 0 Å². The zero-order chi connectivity index (χ0) is 15.7. The first-order valence-electron chi connectivity index (χ1n) is 6.83. The lowest BCUT2D eigenvalue weighted by Crippen LogP contribution is -1.96. The zero-order valence-electron chi connectivity index (χ0n) is 11.9. The average molecular weight is 356 g/mol. The molecule has 3 aromatic rings. The standard InChI is InChI=1S/C18H14BrNO2/c1-11-2-4-12(5-3-11)6-7-14-10-15-16(18(21)22)8-13(19)9-17(15)20-14/h2-10,20H,1H3,(H,21,22)/b7-6+. The molecule has 0 amide bonds. The van der Waals surface area contributed by atoms with E-state index in [-0.39, 0.29) is 5.56 Å². The van der Waals surface area contributed by atoms with Crippen LogP contribution in [0, 0.1) is 6.92 Å². The predicted molar refractivity (Wildman–Crippen MR) is 93.1 cm³/mol. The maximum Gasteiger partial charge on any atom is 0.336 e. The second-order valence-corrected chi connectivity index (χ2v) is 6.10. The van der Waals surface area contributed by atoms with Crippen LogP contribution < -0.4 is 0 Å². The lowest BCUT2D eigenvalue weighted by atomic mass is 10.1. The molecule has 0 aliphatic rings. The molecule has 110 valence electrons. The molecule has 0 bridgehead atoms. The second-order valence-electron chi connectivity index (χ2n) is 5.19. The number of benzene rings is 2. The number of aryl methyl sites for hydroxylation is 1. The maximum atomic E-state index is 11.3. The highest BCUT2D eigenvalue weighted by Gasteiger charge is 2.11. The van der Waals surface area contributed by atoms with Crippen molar-refractivity contribution in [3.63, 3.8) is 0 Å². The van der Waals surface area contributed by atoms with Gasteiger partial charge in [0.2, 0.25) is 0 Å². The molecule has 0 aliphatic heterocycles. The minimum Gasteiger partial charge on any atom is -0.478 e. The summed E-state index contributed by atoms with van der Waals surface area (Å²) in [5.74, 6) is -0.931. The van der Waals surface area contributed by atoms with Crippen LogP contribution in [0.5, 0.6) is 0 Å². The third kappa shape index (κ3) is 2.97. The van der Waals surface area contributed by atoms with Gasteiger partial charge in [-0.1, -0.05) is 51.8 Å². The summed E-state index contributed by atoms with van der Waals surface area (Å²) in [5.41, 5.74) is 4.28. The number of nitrogens with one attached hydrogen (secondary N) is 1. The molecule has 0 unspecified atom stereocenters. The Morgan fingerprint density at radius 3 is 2.55 bits per heavy atom. The smallest absolute Gasteiger partial charge is 0.336 e. The fourth-order valence-electron chi connectivity index (χ4n) is 2.35. The van der Waals surface area contributed by atoms with Crippen molar-refractivity contribution >= 4 is 45.0 Å². The van der Waals surface area contributed by atoms with Gasteiger partial charge in [0.15, 0.2) is 0 Å². The van der Waals surface area contributed by atoms with Gasteiger partial charge < -0.3 is 10.1 Å². The van der Waals surface area contributed by atoms with Crippen LogP contribution in [0.3, 0.4) is 0 Å². The van der Waals surface area contributed by atoms with Gasteiger partial charge in [-0.2, -0.15) is 0 Å². The van der Waals surface area contributed by atoms with Gasteiger partial charge in [-0.3, -0.25) is 0 Å². The summed E-state index contributed by atoms with van der Waals surface area (Å²) in [5, 5.41) is 10.0. The average Bonchev–Trinajstić information content (AvgIpc) is 2.88. The lowest BCUT2D eigenvalue weighted by Gasteiger charge is -1.98. The summed E-state index contributed by atoms with van der Waals surface area (Å²) in [7, 11) is 0. The molecule has 0 saturated heterocycles. The molecule has 0 fully saturated rings. The number of H-pyrrole nitrogens is 1. The first-order chi connectivity index (χ1) is 10.5. The summed E-state index contributed by atoms with van der Waals surface area (Å²) in [6.07, 6.45) is 3.95. The number of carboxylic acids is 1. The van der Waals surface area contributed by atoms with Crippen LogP contribution in [0.15, 0.2) is 46.9 Å². The van der Waals surface area contributed by atoms with Crippen LogP contribution >= 0.6 is 15.9 Å². The fraction of sp³-hybridized carbons (Fsp3) is 0.0556. The van der Waals surface area contributed by atoms with Gasteiger partial charge in [-0.15, -0.1) is 0 Å². The van der Waals surface area contributed by atoms with Gasteiger partial charge in [0, 0.05) is 21.1 Å². The Morgan fingerprint density at radius 2 is 1.86 bits per heavy atom.